The first kappa shape index (κ1) is 13.5. The molecule has 1 aliphatic rings. The van der Waals surface area contributed by atoms with Crippen molar-refractivity contribution in [3.63, 3.8) is 0 Å². The van der Waals surface area contributed by atoms with Gasteiger partial charge >= 0.3 is 0 Å². The zero-order valence-corrected chi connectivity index (χ0v) is 12.0. The average Bonchev–Trinajstić information content (AvgIpc) is 2.43. The van der Waals surface area contributed by atoms with Crippen LogP contribution in [0.1, 0.15) is 57.9 Å². The molecule has 0 fully saturated rings. The second kappa shape index (κ2) is 6.82. The van der Waals surface area contributed by atoms with E-state index in [0.717, 1.165) is 6.04 Å². The van der Waals surface area contributed by atoms with Crippen molar-refractivity contribution in [2.75, 3.05) is 11.4 Å². The van der Waals surface area contributed by atoms with E-state index >= 15 is 0 Å². The fourth-order valence-electron chi connectivity index (χ4n) is 3.15. The molecule has 18 heavy (non-hydrogen) atoms. The van der Waals surface area contributed by atoms with Crippen molar-refractivity contribution in [3.8, 4) is 0 Å². The van der Waals surface area contributed by atoms with Crippen molar-refractivity contribution in [2.45, 2.75) is 64.8 Å². The Hall–Kier alpha value is -0.980. The smallest absolute Gasteiger partial charge is 0.0401 e. The van der Waals surface area contributed by atoms with E-state index < -0.39 is 0 Å². The number of hydrogen-bond acceptors (Lipinski definition) is 1. The van der Waals surface area contributed by atoms with Crippen molar-refractivity contribution in [1.82, 2.24) is 0 Å². The third kappa shape index (κ3) is 3.07. The highest BCUT2D eigenvalue weighted by Crippen LogP contribution is 2.30. The number of fused-ring (bicyclic) bond motifs is 1. The summed E-state index contributed by atoms with van der Waals surface area (Å²) >= 11 is 0. The van der Waals surface area contributed by atoms with Crippen LogP contribution in [0.4, 0.5) is 5.69 Å². The van der Waals surface area contributed by atoms with Crippen molar-refractivity contribution < 1.29 is 0 Å². The largest absolute Gasteiger partial charge is 0.368 e. The highest BCUT2D eigenvalue weighted by molar-refractivity contribution is 5.56. The van der Waals surface area contributed by atoms with Gasteiger partial charge in [-0.1, -0.05) is 51.3 Å². The Morgan fingerprint density at radius 3 is 2.78 bits per heavy atom. The lowest BCUT2D eigenvalue weighted by Gasteiger charge is -2.38. The van der Waals surface area contributed by atoms with Gasteiger partial charge in [-0.25, -0.2) is 0 Å². The summed E-state index contributed by atoms with van der Waals surface area (Å²) in [6, 6.07) is 9.74. The average molecular weight is 245 g/mol. The van der Waals surface area contributed by atoms with Gasteiger partial charge in [0.1, 0.15) is 0 Å². The Morgan fingerprint density at radius 2 is 2.00 bits per heavy atom. The van der Waals surface area contributed by atoms with Crippen LogP contribution in [0, 0.1) is 0 Å². The van der Waals surface area contributed by atoms with Gasteiger partial charge in [0.05, 0.1) is 0 Å². The molecule has 1 aromatic rings. The summed E-state index contributed by atoms with van der Waals surface area (Å²) in [5, 5.41) is 0. The van der Waals surface area contributed by atoms with Gasteiger partial charge in [0.2, 0.25) is 0 Å². The third-order valence-corrected chi connectivity index (χ3v) is 4.20. The van der Waals surface area contributed by atoms with Gasteiger partial charge in [0.25, 0.3) is 0 Å². The molecule has 0 radical (unpaired) electrons. The predicted molar refractivity (Wildman–Crippen MR) is 80.3 cm³/mol. The van der Waals surface area contributed by atoms with E-state index in [0.29, 0.717) is 0 Å². The molecule has 0 aliphatic carbocycles. The van der Waals surface area contributed by atoms with Crippen LogP contribution in [0.5, 0.6) is 0 Å². The van der Waals surface area contributed by atoms with Gasteiger partial charge in [-0.15, -0.1) is 0 Å². The standard InChI is InChI=1S/C17H27N/c1-3-5-6-12-16(4-2)18-14-9-11-15-10-7-8-13-17(15)18/h7-8,10,13,16H,3-6,9,11-12,14H2,1-2H3. The number of benzene rings is 1. The fourth-order valence-corrected chi connectivity index (χ4v) is 3.15. The first-order valence-electron chi connectivity index (χ1n) is 7.71. The van der Waals surface area contributed by atoms with E-state index in [9.17, 15) is 0 Å². The van der Waals surface area contributed by atoms with Crippen LogP contribution in [0.3, 0.4) is 0 Å². The maximum Gasteiger partial charge on any atom is 0.0401 e. The molecule has 1 atom stereocenters. The zero-order valence-electron chi connectivity index (χ0n) is 12.0. The minimum absolute atomic E-state index is 0.748. The van der Waals surface area contributed by atoms with Gasteiger partial charge in [0.15, 0.2) is 0 Å². The first-order valence-corrected chi connectivity index (χ1v) is 7.71. The van der Waals surface area contributed by atoms with Gasteiger partial charge < -0.3 is 4.90 Å². The second-order valence-electron chi connectivity index (χ2n) is 5.48. The summed E-state index contributed by atoms with van der Waals surface area (Å²) in [5.74, 6) is 0. The summed E-state index contributed by atoms with van der Waals surface area (Å²) < 4.78 is 0. The summed E-state index contributed by atoms with van der Waals surface area (Å²) in [5.41, 5.74) is 3.06. The zero-order chi connectivity index (χ0) is 12.8. The number of rotatable bonds is 6. The summed E-state index contributed by atoms with van der Waals surface area (Å²) in [7, 11) is 0. The van der Waals surface area contributed by atoms with Gasteiger partial charge in [-0.2, -0.15) is 0 Å². The molecule has 1 heterocycles. The topological polar surface area (TPSA) is 3.24 Å². The molecule has 100 valence electrons. The van der Waals surface area contributed by atoms with Crippen molar-refractivity contribution >= 4 is 5.69 Å². The van der Waals surface area contributed by atoms with Crippen molar-refractivity contribution in [3.05, 3.63) is 29.8 Å². The molecule has 1 aliphatic heterocycles. The Kier molecular flexibility index (Phi) is 5.10. The number of unbranched alkanes of at least 4 members (excludes halogenated alkanes) is 2. The molecule has 1 heteroatoms. The van der Waals surface area contributed by atoms with E-state index in [1.54, 1.807) is 5.56 Å². The Balaban J connectivity index is 2.07. The van der Waals surface area contributed by atoms with Crippen LogP contribution in [0.25, 0.3) is 0 Å². The molecular weight excluding hydrogens is 218 g/mol. The van der Waals surface area contributed by atoms with Crippen LogP contribution in [-0.2, 0) is 6.42 Å². The summed E-state index contributed by atoms with van der Waals surface area (Å²) in [6.45, 7) is 5.88. The third-order valence-electron chi connectivity index (χ3n) is 4.20. The minimum Gasteiger partial charge on any atom is -0.368 e. The molecule has 0 bridgehead atoms. The molecule has 0 aromatic heterocycles. The summed E-state index contributed by atoms with van der Waals surface area (Å²) in [6.07, 6.45) is 9.31. The molecule has 0 saturated heterocycles. The van der Waals surface area contributed by atoms with E-state index in [1.165, 1.54) is 57.2 Å². The Labute approximate surface area is 112 Å². The Bertz CT molecular complexity index is 358. The van der Waals surface area contributed by atoms with Crippen LogP contribution in [0.2, 0.25) is 0 Å². The molecule has 0 spiro atoms. The monoisotopic (exact) mass is 245 g/mol. The van der Waals surface area contributed by atoms with Crippen LogP contribution in [-0.4, -0.2) is 12.6 Å². The fraction of sp³-hybridized carbons (Fsp3) is 0.647. The SMILES string of the molecule is CCCCCC(CC)N1CCCc2ccccc21. The lowest BCUT2D eigenvalue weighted by atomic mass is 9.97. The highest BCUT2D eigenvalue weighted by atomic mass is 15.2. The maximum absolute atomic E-state index is 2.68. The molecule has 0 N–H and O–H groups in total. The van der Waals surface area contributed by atoms with Crippen molar-refractivity contribution in [2.24, 2.45) is 0 Å². The summed E-state index contributed by atoms with van der Waals surface area (Å²) in [4.78, 5) is 2.68. The second-order valence-corrected chi connectivity index (χ2v) is 5.48. The van der Waals surface area contributed by atoms with Gasteiger partial charge in [0, 0.05) is 18.3 Å². The lowest BCUT2D eigenvalue weighted by molar-refractivity contribution is 0.489. The highest BCUT2D eigenvalue weighted by Gasteiger charge is 2.22. The first-order chi connectivity index (χ1) is 8.86. The molecular formula is C17H27N. The van der Waals surface area contributed by atoms with Crippen LogP contribution in [0.15, 0.2) is 24.3 Å². The molecule has 0 amide bonds. The minimum atomic E-state index is 0.748. The number of aryl methyl sites for hydroxylation is 1. The number of para-hydroxylation sites is 1. The molecule has 0 saturated carbocycles. The normalized spacial score (nSPS) is 16.4. The Morgan fingerprint density at radius 1 is 1.17 bits per heavy atom. The molecule has 1 nitrogen and oxygen atoms in total. The lowest BCUT2D eigenvalue weighted by Crippen LogP contribution is -2.38. The van der Waals surface area contributed by atoms with Gasteiger partial charge in [-0.05, 0) is 37.3 Å². The van der Waals surface area contributed by atoms with E-state index in [4.69, 9.17) is 0 Å². The molecule has 1 aromatic carbocycles. The number of anilines is 1. The van der Waals surface area contributed by atoms with E-state index in [1.807, 2.05) is 0 Å². The maximum atomic E-state index is 2.68. The predicted octanol–water partition coefficient (Wildman–Crippen LogP) is 4.80. The van der Waals surface area contributed by atoms with Gasteiger partial charge in [-0.3, -0.25) is 0 Å². The van der Waals surface area contributed by atoms with Crippen LogP contribution < -0.4 is 4.90 Å². The molecule has 1 unspecified atom stereocenters. The van der Waals surface area contributed by atoms with Crippen LogP contribution >= 0.6 is 0 Å². The van der Waals surface area contributed by atoms with E-state index in [2.05, 4.69) is 43.0 Å². The number of hydrogen-bond donors (Lipinski definition) is 0. The van der Waals surface area contributed by atoms with Crippen molar-refractivity contribution in [1.29, 1.82) is 0 Å². The quantitative estimate of drug-likeness (QED) is 0.651. The number of nitrogens with zero attached hydrogens (tertiary/aromatic N) is 1. The molecule has 2 rings (SSSR count). The van der Waals surface area contributed by atoms with E-state index in [-0.39, 0.29) is 0 Å².